The highest BCUT2D eigenvalue weighted by Crippen LogP contribution is 2.30. The number of hydrogen-bond acceptors (Lipinski definition) is 8. The fraction of sp³-hybridized carbons (Fsp3) is 0.875. The second kappa shape index (κ2) is 7.04. The van der Waals surface area contributed by atoms with Gasteiger partial charge in [-0.3, -0.25) is 15.0 Å². The molecule has 4 aliphatic rings. The zero-order chi connectivity index (χ0) is 16.5. The monoisotopic (exact) mass is 334 g/mol. The third kappa shape index (κ3) is 3.20. The summed E-state index contributed by atoms with van der Waals surface area (Å²) in [6, 6.07) is 2.50. The van der Waals surface area contributed by atoms with Crippen LogP contribution in [0.15, 0.2) is 0 Å². The first kappa shape index (κ1) is 16.4. The number of carbonyl (C=O) groups is 1. The van der Waals surface area contributed by atoms with Crippen LogP contribution in [-0.2, 0) is 9.53 Å². The van der Waals surface area contributed by atoms with Crippen molar-refractivity contribution in [1.29, 1.82) is 5.26 Å². The molecule has 0 aromatic rings. The van der Waals surface area contributed by atoms with Gasteiger partial charge in [0, 0.05) is 32.2 Å². The highest BCUT2D eigenvalue weighted by Gasteiger charge is 2.43. The number of carbonyl (C=O) groups excluding carboxylic acids is 1. The van der Waals surface area contributed by atoms with Crippen molar-refractivity contribution in [3.05, 3.63) is 0 Å². The summed E-state index contributed by atoms with van der Waals surface area (Å²) in [5, 5.41) is 16.0. The Balaban J connectivity index is 1.32. The molecule has 3 saturated heterocycles. The van der Waals surface area contributed by atoms with E-state index >= 15 is 0 Å². The molecule has 0 radical (unpaired) electrons. The van der Waals surface area contributed by atoms with Crippen LogP contribution in [0.5, 0.6) is 0 Å². The fourth-order valence-corrected chi connectivity index (χ4v) is 4.34. The molecule has 132 valence electrons. The van der Waals surface area contributed by atoms with E-state index < -0.39 is 0 Å². The first-order valence-electron chi connectivity index (χ1n) is 9.00. The van der Waals surface area contributed by atoms with E-state index in [-0.39, 0.29) is 35.9 Å². The Morgan fingerprint density at radius 3 is 2.88 bits per heavy atom. The van der Waals surface area contributed by atoms with Gasteiger partial charge in [-0.2, -0.15) is 5.26 Å². The first-order valence-corrected chi connectivity index (χ1v) is 9.00. The third-order valence-electron chi connectivity index (χ3n) is 5.78. The molecule has 1 saturated carbocycles. The van der Waals surface area contributed by atoms with E-state index in [0.29, 0.717) is 19.2 Å². The van der Waals surface area contributed by atoms with Gasteiger partial charge < -0.3 is 10.1 Å². The second-order valence-corrected chi connectivity index (χ2v) is 7.32. The summed E-state index contributed by atoms with van der Waals surface area (Å²) in [7, 11) is 0. The minimum absolute atomic E-state index is 0.0666. The van der Waals surface area contributed by atoms with Gasteiger partial charge in [-0.15, -0.1) is 0 Å². The van der Waals surface area contributed by atoms with Crippen LogP contribution in [0.2, 0.25) is 0 Å². The van der Waals surface area contributed by atoms with Gasteiger partial charge in [0.2, 0.25) is 0 Å². The van der Waals surface area contributed by atoms with Crippen molar-refractivity contribution in [2.75, 3.05) is 26.4 Å². The minimum Gasteiger partial charge on any atom is -0.361 e. The summed E-state index contributed by atoms with van der Waals surface area (Å²) in [6.45, 7) is 3.52. The largest absolute Gasteiger partial charge is 0.361 e. The highest BCUT2D eigenvalue weighted by atomic mass is 16.5. The van der Waals surface area contributed by atoms with Crippen LogP contribution in [0.4, 0.5) is 0 Å². The predicted octanol–water partition coefficient (Wildman–Crippen LogP) is -1.13. The van der Waals surface area contributed by atoms with E-state index in [1.54, 1.807) is 0 Å². The maximum absolute atomic E-state index is 12.2. The topological polar surface area (TPSA) is 101 Å². The lowest BCUT2D eigenvalue weighted by molar-refractivity contribution is -0.141. The Morgan fingerprint density at radius 1 is 1.25 bits per heavy atom. The lowest BCUT2D eigenvalue weighted by Crippen LogP contribution is -2.67. The average molecular weight is 334 g/mol. The van der Waals surface area contributed by atoms with Gasteiger partial charge in [-0.05, 0) is 19.3 Å². The van der Waals surface area contributed by atoms with Crippen molar-refractivity contribution >= 4 is 5.78 Å². The minimum atomic E-state index is -0.158. The molecule has 4 N–H and O–H groups in total. The first-order chi connectivity index (χ1) is 11.7. The molecule has 8 nitrogen and oxygen atoms in total. The van der Waals surface area contributed by atoms with Crippen molar-refractivity contribution in [1.82, 2.24) is 26.4 Å². The molecule has 6 atom stereocenters. The summed E-state index contributed by atoms with van der Waals surface area (Å²) >= 11 is 0. The summed E-state index contributed by atoms with van der Waals surface area (Å²) in [5.74, 6) is -0.0830. The molecule has 0 amide bonds. The quantitative estimate of drug-likeness (QED) is 0.503. The molecule has 8 heteroatoms. The predicted molar refractivity (Wildman–Crippen MR) is 86.2 cm³/mol. The lowest BCUT2D eigenvalue weighted by Gasteiger charge is -2.45. The molecular weight excluding hydrogens is 308 g/mol. The van der Waals surface area contributed by atoms with E-state index in [0.717, 1.165) is 39.0 Å². The normalized spacial score (nSPS) is 44.0. The second-order valence-electron chi connectivity index (χ2n) is 7.32. The van der Waals surface area contributed by atoms with Crippen LogP contribution in [0.3, 0.4) is 0 Å². The molecule has 4 rings (SSSR count). The molecule has 24 heavy (non-hydrogen) atoms. The van der Waals surface area contributed by atoms with E-state index in [2.05, 4.69) is 32.5 Å². The molecule has 0 spiro atoms. The van der Waals surface area contributed by atoms with Gasteiger partial charge >= 0.3 is 0 Å². The third-order valence-corrected chi connectivity index (χ3v) is 5.78. The number of nitrogens with one attached hydrogen (secondary N) is 4. The van der Waals surface area contributed by atoms with Crippen LogP contribution >= 0.6 is 0 Å². The van der Waals surface area contributed by atoms with Gasteiger partial charge in [-0.1, -0.05) is 0 Å². The van der Waals surface area contributed by atoms with Crippen LogP contribution in [0.25, 0.3) is 0 Å². The zero-order valence-electron chi connectivity index (χ0n) is 13.8. The molecule has 6 unspecified atom stereocenters. The van der Waals surface area contributed by atoms with E-state index in [4.69, 9.17) is 10.00 Å². The Bertz CT molecular complexity index is 509. The Kier molecular flexibility index (Phi) is 4.81. The van der Waals surface area contributed by atoms with Crippen molar-refractivity contribution < 1.29 is 9.53 Å². The Hall–Kier alpha value is -1.08. The van der Waals surface area contributed by atoms with Crippen molar-refractivity contribution in [3.8, 4) is 6.07 Å². The summed E-state index contributed by atoms with van der Waals surface area (Å²) in [6.07, 6.45) is 3.44. The zero-order valence-corrected chi connectivity index (χ0v) is 13.8. The summed E-state index contributed by atoms with van der Waals surface area (Å²) in [5.41, 5.74) is 6.80. The number of hydrazine groups is 1. The van der Waals surface area contributed by atoms with Gasteiger partial charge in [0.1, 0.15) is 12.0 Å². The van der Waals surface area contributed by atoms with Crippen LogP contribution in [-0.4, -0.2) is 61.5 Å². The number of rotatable bonds is 2. The number of hydrogen-bond donors (Lipinski definition) is 4. The Labute approximate surface area is 142 Å². The fourth-order valence-electron chi connectivity index (χ4n) is 4.34. The number of fused-ring (bicyclic) bond motifs is 1. The maximum Gasteiger partial charge on any atom is 0.141 e. The van der Waals surface area contributed by atoms with Crippen molar-refractivity contribution in [2.45, 2.75) is 50.2 Å². The van der Waals surface area contributed by atoms with Gasteiger partial charge in [0.25, 0.3) is 0 Å². The van der Waals surface area contributed by atoms with Crippen molar-refractivity contribution in [3.63, 3.8) is 0 Å². The highest BCUT2D eigenvalue weighted by molar-refractivity contribution is 5.83. The number of nitrogens with zero attached hydrogens (tertiary/aromatic N) is 2. The van der Waals surface area contributed by atoms with E-state index in [9.17, 15) is 4.79 Å². The molecule has 3 heterocycles. The lowest BCUT2D eigenvalue weighted by atomic mass is 9.77. The molecule has 3 aliphatic heterocycles. The number of ketones is 1. The van der Waals surface area contributed by atoms with Gasteiger partial charge in [0.15, 0.2) is 0 Å². The Morgan fingerprint density at radius 2 is 2.17 bits per heavy atom. The molecule has 4 fully saturated rings. The molecule has 0 bridgehead atoms. The van der Waals surface area contributed by atoms with Crippen LogP contribution < -0.4 is 21.5 Å². The SMILES string of the molecule is N#CC1CC(=O)C2COC(C3CCC(N4CCNC4)NN3)NC2C1. The van der Waals surface area contributed by atoms with E-state index in [1.165, 1.54) is 0 Å². The smallest absolute Gasteiger partial charge is 0.141 e. The average Bonchev–Trinajstić information content (AvgIpc) is 3.16. The molecule has 0 aromatic carbocycles. The van der Waals surface area contributed by atoms with Crippen molar-refractivity contribution in [2.24, 2.45) is 11.8 Å². The molecular formula is C16H26N6O2. The van der Waals surface area contributed by atoms with Crippen LogP contribution in [0, 0.1) is 23.2 Å². The molecule has 1 aliphatic carbocycles. The summed E-state index contributed by atoms with van der Waals surface area (Å²) < 4.78 is 5.94. The van der Waals surface area contributed by atoms with Gasteiger partial charge in [0.05, 0.1) is 36.7 Å². The van der Waals surface area contributed by atoms with Crippen LogP contribution in [0.1, 0.15) is 25.7 Å². The number of nitriles is 1. The maximum atomic E-state index is 12.2. The van der Waals surface area contributed by atoms with E-state index in [1.807, 2.05) is 0 Å². The number of ether oxygens (including phenoxy) is 1. The molecule has 0 aromatic heterocycles. The van der Waals surface area contributed by atoms with Gasteiger partial charge in [-0.25, -0.2) is 10.9 Å². The standard InChI is InChI=1S/C16H26N6O2/c17-7-10-5-13-11(14(23)6-10)8-24-16(19-13)12-1-2-15(21-20-12)22-4-3-18-9-22/h10-13,15-16,18-21H,1-6,8-9H2. The summed E-state index contributed by atoms with van der Waals surface area (Å²) in [4.78, 5) is 14.6. The number of Topliss-reactive ketones (excluding diaryl/α,β-unsaturated/α-hetero) is 1.